The van der Waals surface area contributed by atoms with Gasteiger partial charge in [0.05, 0.1) is 18.8 Å². The quantitative estimate of drug-likeness (QED) is 0.765. The zero-order chi connectivity index (χ0) is 11.5. The van der Waals surface area contributed by atoms with E-state index in [4.69, 9.17) is 15.2 Å². The Bertz CT molecular complexity index is 217. The number of nitrogens with zero attached hydrogens (tertiary/aromatic N) is 1. The Labute approximate surface area is 98.1 Å². The lowest BCUT2D eigenvalue weighted by Gasteiger charge is -2.46. The van der Waals surface area contributed by atoms with E-state index in [1.54, 1.807) is 0 Å². The summed E-state index contributed by atoms with van der Waals surface area (Å²) in [5.41, 5.74) is 5.89. The molecule has 0 aromatic rings. The van der Waals surface area contributed by atoms with E-state index in [-0.39, 0.29) is 12.1 Å². The Balaban J connectivity index is 1.74. The molecule has 1 aliphatic heterocycles. The molecule has 2 N–H and O–H groups in total. The van der Waals surface area contributed by atoms with Crippen molar-refractivity contribution in [3.8, 4) is 0 Å². The van der Waals surface area contributed by atoms with Crippen molar-refractivity contribution in [2.24, 2.45) is 5.73 Å². The summed E-state index contributed by atoms with van der Waals surface area (Å²) in [5, 5.41) is 0. The molecule has 0 spiro atoms. The Hall–Kier alpha value is -0.160. The minimum Gasteiger partial charge on any atom is -0.378 e. The van der Waals surface area contributed by atoms with Crippen molar-refractivity contribution in [3.63, 3.8) is 0 Å². The molecule has 0 amide bonds. The molecule has 2 aliphatic rings. The molecular formula is C12H24N2O2. The van der Waals surface area contributed by atoms with Crippen LogP contribution >= 0.6 is 0 Å². The van der Waals surface area contributed by atoms with Crippen molar-refractivity contribution < 1.29 is 9.47 Å². The molecule has 2 fully saturated rings. The van der Waals surface area contributed by atoms with Crippen LogP contribution in [0.2, 0.25) is 0 Å². The molecule has 0 radical (unpaired) electrons. The second-order valence-corrected chi connectivity index (χ2v) is 4.97. The van der Waals surface area contributed by atoms with E-state index in [0.717, 1.165) is 26.3 Å². The maximum Gasteiger partial charge on any atom is 0.0850 e. The number of hydrogen-bond donors (Lipinski definition) is 1. The molecule has 0 aromatic carbocycles. The van der Waals surface area contributed by atoms with Crippen LogP contribution in [0.1, 0.15) is 26.7 Å². The second kappa shape index (κ2) is 5.45. The standard InChI is InChI=1S/C12H24N2O2/c1-3-15-11-6-10(7-11)14-4-5-16-12(8-14)9(2)13/h9-12H,3-8,13H2,1-2H3. The van der Waals surface area contributed by atoms with Gasteiger partial charge in [-0.15, -0.1) is 0 Å². The first-order valence-electron chi connectivity index (χ1n) is 6.43. The summed E-state index contributed by atoms with van der Waals surface area (Å²) < 4.78 is 11.3. The van der Waals surface area contributed by atoms with Crippen LogP contribution in [0.3, 0.4) is 0 Å². The van der Waals surface area contributed by atoms with Crippen molar-refractivity contribution in [2.75, 3.05) is 26.3 Å². The summed E-state index contributed by atoms with van der Waals surface area (Å²) in [5.74, 6) is 0. The van der Waals surface area contributed by atoms with Gasteiger partial charge in [0.15, 0.2) is 0 Å². The Kier molecular flexibility index (Phi) is 4.19. The smallest absolute Gasteiger partial charge is 0.0850 e. The van der Waals surface area contributed by atoms with Crippen LogP contribution in [0.5, 0.6) is 0 Å². The van der Waals surface area contributed by atoms with E-state index in [9.17, 15) is 0 Å². The molecule has 1 saturated heterocycles. The summed E-state index contributed by atoms with van der Waals surface area (Å²) in [6.07, 6.45) is 3.06. The highest BCUT2D eigenvalue weighted by atomic mass is 16.5. The Morgan fingerprint density at radius 1 is 1.50 bits per heavy atom. The fraction of sp³-hybridized carbons (Fsp3) is 1.00. The van der Waals surface area contributed by atoms with Gasteiger partial charge in [0, 0.05) is 31.8 Å². The molecule has 16 heavy (non-hydrogen) atoms. The number of ether oxygens (including phenoxy) is 2. The largest absolute Gasteiger partial charge is 0.378 e. The molecule has 4 heteroatoms. The maximum atomic E-state index is 5.89. The predicted molar refractivity (Wildman–Crippen MR) is 63.4 cm³/mol. The predicted octanol–water partition coefficient (Wildman–Crippen LogP) is 0.602. The first kappa shape index (κ1) is 12.3. The van der Waals surface area contributed by atoms with Crippen LogP contribution in [-0.2, 0) is 9.47 Å². The number of morpholine rings is 1. The molecule has 2 unspecified atom stereocenters. The van der Waals surface area contributed by atoms with E-state index < -0.39 is 0 Å². The van der Waals surface area contributed by atoms with Gasteiger partial charge >= 0.3 is 0 Å². The van der Waals surface area contributed by atoms with Gasteiger partial charge in [0.2, 0.25) is 0 Å². The lowest BCUT2D eigenvalue weighted by molar-refractivity contribution is -0.0979. The fourth-order valence-corrected chi connectivity index (χ4v) is 2.55. The monoisotopic (exact) mass is 228 g/mol. The lowest BCUT2D eigenvalue weighted by atomic mass is 9.87. The third kappa shape index (κ3) is 2.74. The molecular weight excluding hydrogens is 204 g/mol. The normalized spacial score (nSPS) is 38.1. The molecule has 94 valence electrons. The van der Waals surface area contributed by atoms with Crippen LogP contribution in [0, 0.1) is 0 Å². The topological polar surface area (TPSA) is 47.7 Å². The van der Waals surface area contributed by atoms with E-state index in [0.29, 0.717) is 12.1 Å². The number of hydrogen-bond acceptors (Lipinski definition) is 4. The first-order chi connectivity index (χ1) is 7.70. The third-order valence-electron chi connectivity index (χ3n) is 3.70. The summed E-state index contributed by atoms with van der Waals surface area (Å²) in [4.78, 5) is 2.52. The molecule has 4 nitrogen and oxygen atoms in total. The highest BCUT2D eigenvalue weighted by molar-refractivity contribution is 4.91. The van der Waals surface area contributed by atoms with Crippen molar-refractivity contribution in [3.05, 3.63) is 0 Å². The maximum absolute atomic E-state index is 5.89. The first-order valence-corrected chi connectivity index (χ1v) is 6.43. The van der Waals surface area contributed by atoms with Gasteiger partial charge in [-0.1, -0.05) is 0 Å². The van der Waals surface area contributed by atoms with Gasteiger partial charge < -0.3 is 15.2 Å². The van der Waals surface area contributed by atoms with Gasteiger partial charge in [0.25, 0.3) is 0 Å². The second-order valence-electron chi connectivity index (χ2n) is 4.97. The molecule has 1 saturated carbocycles. The highest BCUT2D eigenvalue weighted by Crippen LogP contribution is 2.29. The van der Waals surface area contributed by atoms with Crippen molar-refractivity contribution >= 4 is 0 Å². The average molecular weight is 228 g/mol. The SMILES string of the molecule is CCOC1CC(N2CCOC(C(C)N)C2)C1. The minimum absolute atomic E-state index is 0.130. The van der Waals surface area contributed by atoms with E-state index in [1.807, 2.05) is 6.92 Å². The summed E-state index contributed by atoms with van der Waals surface area (Å²) >= 11 is 0. The van der Waals surface area contributed by atoms with Gasteiger partial charge in [-0.3, -0.25) is 4.90 Å². The summed E-state index contributed by atoms with van der Waals surface area (Å²) in [6, 6.07) is 0.826. The Morgan fingerprint density at radius 3 is 2.88 bits per heavy atom. The van der Waals surface area contributed by atoms with Crippen molar-refractivity contribution in [2.45, 2.75) is 51.0 Å². The number of rotatable bonds is 4. The third-order valence-corrected chi connectivity index (χ3v) is 3.70. The van der Waals surface area contributed by atoms with E-state index >= 15 is 0 Å². The van der Waals surface area contributed by atoms with E-state index in [1.165, 1.54) is 12.8 Å². The molecule has 0 aromatic heterocycles. The van der Waals surface area contributed by atoms with Crippen LogP contribution in [-0.4, -0.2) is 55.5 Å². The van der Waals surface area contributed by atoms with Crippen LogP contribution < -0.4 is 5.73 Å². The van der Waals surface area contributed by atoms with Crippen molar-refractivity contribution in [1.29, 1.82) is 0 Å². The zero-order valence-corrected chi connectivity index (χ0v) is 10.4. The molecule has 1 aliphatic carbocycles. The summed E-state index contributed by atoms with van der Waals surface area (Å²) in [7, 11) is 0. The minimum atomic E-state index is 0.130. The van der Waals surface area contributed by atoms with Gasteiger partial charge in [0.1, 0.15) is 0 Å². The molecule has 2 rings (SSSR count). The molecule has 1 heterocycles. The van der Waals surface area contributed by atoms with Gasteiger partial charge in [-0.2, -0.15) is 0 Å². The van der Waals surface area contributed by atoms with Gasteiger partial charge in [-0.05, 0) is 26.7 Å². The highest BCUT2D eigenvalue weighted by Gasteiger charge is 2.36. The van der Waals surface area contributed by atoms with E-state index in [2.05, 4.69) is 11.8 Å². The van der Waals surface area contributed by atoms with Crippen LogP contribution in [0.15, 0.2) is 0 Å². The fourth-order valence-electron chi connectivity index (χ4n) is 2.55. The average Bonchev–Trinajstić information content (AvgIpc) is 2.23. The van der Waals surface area contributed by atoms with Crippen LogP contribution in [0.25, 0.3) is 0 Å². The molecule has 2 atom stereocenters. The zero-order valence-electron chi connectivity index (χ0n) is 10.4. The lowest BCUT2D eigenvalue weighted by Crippen LogP contribution is -2.57. The summed E-state index contributed by atoms with van der Waals surface area (Å²) in [6.45, 7) is 7.78. The molecule has 0 bridgehead atoms. The number of nitrogens with two attached hydrogens (primary N) is 1. The van der Waals surface area contributed by atoms with Gasteiger partial charge in [-0.25, -0.2) is 0 Å². The van der Waals surface area contributed by atoms with Crippen molar-refractivity contribution in [1.82, 2.24) is 4.90 Å². The Morgan fingerprint density at radius 2 is 2.25 bits per heavy atom. The van der Waals surface area contributed by atoms with Crippen LogP contribution in [0.4, 0.5) is 0 Å².